The van der Waals surface area contributed by atoms with Crippen LogP contribution in [0.25, 0.3) is 0 Å². The fourth-order valence-electron chi connectivity index (χ4n) is 0.865. The normalized spacial score (nSPS) is 16.0. The molecule has 0 aliphatic carbocycles. The molecule has 0 fully saturated rings. The zero-order chi connectivity index (χ0) is 11.6. The van der Waals surface area contributed by atoms with Crippen LogP contribution in [0.2, 0.25) is 5.02 Å². The highest BCUT2D eigenvalue weighted by Gasteiger charge is 2.27. The number of halogens is 1. The molecule has 8 heteroatoms. The number of aromatic nitrogens is 2. The summed E-state index contributed by atoms with van der Waals surface area (Å²) in [4.78, 5) is 7.40. The molecule has 3 N–H and O–H groups in total. The lowest BCUT2D eigenvalue weighted by Gasteiger charge is -2.14. The van der Waals surface area contributed by atoms with E-state index < -0.39 is 21.4 Å². The van der Waals surface area contributed by atoms with Gasteiger partial charge in [0.1, 0.15) is 11.4 Å². The zero-order valence-corrected chi connectivity index (χ0v) is 9.40. The van der Waals surface area contributed by atoms with Crippen LogP contribution in [0, 0.1) is 0 Å². The van der Waals surface area contributed by atoms with E-state index in [1.807, 2.05) is 0 Å². The van der Waals surface area contributed by atoms with Crippen LogP contribution in [0.4, 0.5) is 0 Å². The second-order valence-electron chi connectivity index (χ2n) is 3.00. The van der Waals surface area contributed by atoms with Gasteiger partial charge in [0.05, 0.1) is 5.02 Å². The number of hydrogen-bond acceptors (Lipinski definition) is 5. The minimum absolute atomic E-state index is 0.0269. The Hall–Kier alpha value is -0.760. The van der Waals surface area contributed by atoms with Gasteiger partial charge in [-0.25, -0.2) is 23.5 Å². The molecule has 0 spiro atoms. The summed E-state index contributed by atoms with van der Waals surface area (Å²) in [6.07, 6.45) is 1.17. The molecule has 0 saturated carbocycles. The zero-order valence-electron chi connectivity index (χ0n) is 7.83. The van der Waals surface area contributed by atoms with Gasteiger partial charge in [-0.15, -0.1) is 0 Å². The van der Waals surface area contributed by atoms with E-state index in [0.717, 1.165) is 0 Å². The number of rotatable bonds is 3. The predicted octanol–water partition coefficient (Wildman–Crippen LogP) is -0.160. The Morgan fingerprint density at radius 1 is 1.47 bits per heavy atom. The molecule has 0 amide bonds. The van der Waals surface area contributed by atoms with Crippen molar-refractivity contribution in [1.82, 2.24) is 9.97 Å². The molecule has 0 radical (unpaired) electrons. The summed E-state index contributed by atoms with van der Waals surface area (Å²) in [6, 6.07) is 0. The monoisotopic (exact) mass is 251 g/mol. The third-order valence-corrected chi connectivity index (χ3v) is 3.36. The van der Waals surface area contributed by atoms with Crippen molar-refractivity contribution < 1.29 is 13.5 Å². The largest absolute Gasteiger partial charge is 0.384 e. The van der Waals surface area contributed by atoms with E-state index in [1.165, 1.54) is 19.3 Å². The van der Waals surface area contributed by atoms with Crippen molar-refractivity contribution in [2.75, 3.05) is 0 Å². The Morgan fingerprint density at radius 3 is 2.33 bits per heavy atom. The highest BCUT2D eigenvalue weighted by Crippen LogP contribution is 2.17. The number of aliphatic hydroxyl groups is 1. The fourth-order valence-corrected chi connectivity index (χ4v) is 1.44. The molecule has 0 bridgehead atoms. The van der Waals surface area contributed by atoms with Gasteiger partial charge in [0.25, 0.3) is 0 Å². The molecule has 1 rings (SSSR count). The molecule has 0 unspecified atom stereocenters. The van der Waals surface area contributed by atoms with Crippen molar-refractivity contribution in [1.29, 1.82) is 0 Å². The lowest BCUT2D eigenvalue weighted by Crippen LogP contribution is -2.32. The van der Waals surface area contributed by atoms with Gasteiger partial charge in [-0.3, -0.25) is 0 Å². The number of nitrogens with two attached hydrogens (primary N) is 1. The molecule has 1 aromatic rings. The van der Waals surface area contributed by atoms with Crippen molar-refractivity contribution in [3.8, 4) is 0 Å². The fraction of sp³-hybridized carbons (Fsp3) is 0.429. The van der Waals surface area contributed by atoms with E-state index in [2.05, 4.69) is 9.97 Å². The minimum atomic E-state index is -3.82. The Morgan fingerprint density at radius 2 is 1.93 bits per heavy atom. The molecule has 0 aromatic carbocycles. The molecule has 2 atom stereocenters. The van der Waals surface area contributed by atoms with E-state index in [9.17, 15) is 13.5 Å². The number of hydrogen-bond donors (Lipinski definition) is 2. The average molecular weight is 252 g/mol. The first-order valence-electron chi connectivity index (χ1n) is 3.99. The Kier molecular flexibility index (Phi) is 3.61. The van der Waals surface area contributed by atoms with Crippen molar-refractivity contribution in [2.24, 2.45) is 5.14 Å². The maximum absolute atomic E-state index is 10.9. The molecule has 1 aromatic heterocycles. The molecule has 1 heterocycles. The van der Waals surface area contributed by atoms with Crippen LogP contribution in [0.15, 0.2) is 12.4 Å². The lowest BCUT2D eigenvalue weighted by atomic mass is 10.2. The Bertz CT molecular complexity index is 433. The second-order valence-corrected chi connectivity index (χ2v) is 5.36. The molecule has 84 valence electrons. The minimum Gasteiger partial charge on any atom is -0.384 e. The summed E-state index contributed by atoms with van der Waals surface area (Å²) in [5.41, 5.74) is 0. The number of nitrogens with zero attached hydrogens (tertiary/aromatic N) is 2. The van der Waals surface area contributed by atoms with Gasteiger partial charge < -0.3 is 5.11 Å². The SMILES string of the molecule is C[C@@H]([C@H](O)c1ncc(Cl)cn1)S(N)(=O)=O. The first-order chi connectivity index (χ1) is 6.82. The van der Waals surface area contributed by atoms with Crippen molar-refractivity contribution in [3.63, 3.8) is 0 Å². The molecular weight excluding hydrogens is 242 g/mol. The van der Waals surface area contributed by atoms with E-state index in [-0.39, 0.29) is 5.82 Å². The Labute approximate surface area is 92.2 Å². The number of aliphatic hydroxyl groups excluding tert-OH is 1. The summed E-state index contributed by atoms with van der Waals surface area (Å²) in [5.74, 6) is -0.0269. The summed E-state index contributed by atoms with van der Waals surface area (Å²) >= 11 is 5.54. The van der Waals surface area contributed by atoms with Crippen molar-refractivity contribution >= 4 is 21.6 Å². The Balaban J connectivity index is 2.95. The van der Waals surface area contributed by atoms with E-state index >= 15 is 0 Å². The van der Waals surface area contributed by atoms with Crippen LogP contribution in [0.5, 0.6) is 0 Å². The van der Waals surface area contributed by atoms with Crippen LogP contribution in [0.1, 0.15) is 18.9 Å². The lowest BCUT2D eigenvalue weighted by molar-refractivity contribution is 0.166. The molecule has 6 nitrogen and oxygen atoms in total. The molecular formula is C7H10ClN3O3S. The summed E-state index contributed by atoms with van der Waals surface area (Å²) < 4.78 is 21.9. The van der Waals surface area contributed by atoms with Crippen molar-refractivity contribution in [3.05, 3.63) is 23.2 Å². The van der Waals surface area contributed by atoms with E-state index in [0.29, 0.717) is 5.02 Å². The van der Waals surface area contributed by atoms with Gasteiger partial charge in [-0.1, -0.05) is 11.6 Å². The average Bonchev–Trinajstić information content (AvgIpc) is 2.15. The highest BCUT2D eigenvalue weighted by molar-refractivity contribution is 7.89. The van der Waals surface area contributed by atoms with Gasteiger partial charge in [0, 0.05) is 12.4 Å². The van der Waals surface area contributed by atoms with Crippen molar-refractivity contribution in [2.45, 2.75) is 18.3 Å². The summed E-state index contributed by atoms with van der Waals surface area (Å²) in [7, 11) is -3.82. The van der Waals surface area contributed by atoms with Crippen LogP contribution < -0.4 is 5.14 Å². The standard InChI is InChI=1S/C7H10ClN3O3S/c1-4(15(9,13)14)6(12)7-10-2-5(8)3-11-7/h2-4,6,12H,1H3,(H2,9,13,14)/t4-,6-/m0/s1. The number of primary sulfonamides is 1. The first-order valence-corrected chi connectivity index (χ1v) is 5.98. The van der Waals surface area contributed by atoms with Gasteiger partial charge in [-0.2, -0.15) is 0 Å². The van der Waals surface area contributed by atoms with Crippen LogP contribution in [-0.4, -0.2) is 28.7 Å². The van der Waals surface area contributed by atoms with E-state index in [4.69, 9.17) is 16.7 Å². The first kappa shape index (κ1) is 12.3. The topological polar surface area (TPSA) is 106 Å². The van der Waals surface area contributed by atoms with E-state index in [1.54, 1.807) is 0 Å². The predicted molar refractivity (Wildman–Crippen MR) is 54.6 cm³/mol. The molecule has 0 aliphatic rings. The third kappa shape index (κ3) is 3.10. The van der Waals surface area contributed by atoms with Crippen LogP contribution >= 0.6 is 11.6 Å². The van der Waals surface area contributed by atoms with Crippen LogP contribution in [0.3, 0.4) is 0 Å². The number of sulfonamides is 1. The third-order valence-electron chi connectivity index (χ3n) is 1.87. The smallest absolute Gasteiger partial charge is 0.214 e. The van der Waals surface area contributed by atoms with Gasteiger partial charge >= 0.3 is 0 Å². The molecule has 0 saturated heterocycles. The van der Waals surface area contributed by atoms with Crippen LogP contribution in [-0.2, 0) is 10.0 Å². The summed E-state index contributed by atoms with van der Waals surface area (Å²) in [5, 5.41) is 13.6. The van der Waals surface area contributed by atoms with Gasteiger partial charge in [0.15, 0.2) is 5.82 Å². The van der Waals surface area contributed by atoms with Gasteiger partial charge in [0.2, 0.25) is 10.0 Å². The maximum Gasteiger partial charge on any atom is 0.214 e. The quantitative estimate of drug-likeness (QED) is 0.776. The van der Waals surface area contributed by atoms with Gasteiger partial charge in [-0.05, 0) is 6.92 Å². The second kappa shape index (κ2) is 4.40. The molecule has 15 heavy (non-hydrogen) atoms. The highest BCUT2D eigenvalue weighted by atomic mass is 35.5. The molecule has 0 aliphatic heterocycles. The maximum atomic E-state index is 10.9. The summed E-state index contributed by atoms with van der Waals surface area (Å²) in [6.45, 7) is 1.28.